The van der Waals surface area contributed by atoms with Gasteiger partial charge in [-0.2, -0.15) is 0 Å². The Hall–Kier alpha value is -3.50. The molecule has 0 bridgehead atoms. The number of nitro groups is 1. The molecule has 0 radical (unpaired) electrons. The van der Waals surface area contributed by atoms with Crippen LogP contribution in [-0.4, -0.2) is 55.2 Å². The zero-order chi connectivity index (χ0) is 25.4. The number of carbonyl (C=O) groups is 4. The molecule has 0 aromatic heterocycles. The molecule has 0 N–H and O–H groups in total. The number of benzene rings is 1. The first-order chi connectivity index (χ1) is 15.5. The van der Waals surface area contributed by atoms with Crippen LogP contribution in [0.25, 0.3) is 0 Å². The number of hydrogen-bond acceptors (Lipinski definition) is 10. The maximum Gasteiger partial charge on any atom is 0.328 e. The van der Waals surface area contributed by atoms with Gasteiger partial charge in [-0.05, 0) is 53.2 Å². The van der Waals surface area contributed by atoms with Crippen LogP contribution in [0.5, 0.6) is 0 Å². The van der Waals surface area contributed by atoms with Crippen LogP contribution >= 0.6 is 0 Å². The van der Waals surface area contributed by atoms with Gasteiger partial charge in [0.05, 0.1) is 36.9 Å². The van der Waals surface area contributed by atoms with Gasteiger partial charge in [-0.15, -0.1) is 0 Å². The van der Waals surface area contributed by atoms with Crippen molar-refractivity contribution in [2.45, 2.75) is 52.4 Å². The lowest BCUT2D eigenvalue weighted by Crippen LogP contribution is -2.46. The molecule has 11 nitrogen and oxygen atoms in total. The molecule has 1 aromatic carbocycles. The van der Waals surface area contributed by atoms with E-state index in [9.17, 15) is 29.3 Å². The Morgan fingerprint density at radius 2 is 1.12 bits per heavy atom. The van der Waals surface area contributed by atoms with Crippen LogP contribution in [-0.2, 0) is 49.0 Å². The van der Waals surface area contributed by atoms with E-state index < -0.39 is 50.9 Å². The molecule has 11 heteroatoms. The topological polar surface area (TPSA) is 148 Å². The molecule has 0 fully saturated rings. The van der Waals surface area contributed by atoms with Crippen LogP contribution in [0.3, 0.4) is 0 Å². The summed E-state index contributed by atoms with van der Waals surface area (Å²) < 4.78 is 20.1. The summed E-state index contributed by atoms with van der Waals surface area (Å²) in [6.07, 6.45) is 0. The molecule has 0 aliphatic heterocycles. The van der Waals surface area contributed by atoms with Gasteiger partial charge in [0.2, 0.25) is 0 Å². The minimum Gasteiger partial charge on any atom is -0.465 e. The van der Waals surface area contributed by atoms with E-state index in [4.69, 9.17) is 18.9 Å². The number of carbonyl (C=O) groups excluding carboxylic acids is 4. The molecule has 0 aliphatic carbocycles. The van der Waals surface area contributed by atoms with Crippen molar-refractivity contribution in [1.82, 2.24) is 0 Å². The van der Waals surface area contributed by atoms with Crippen molar-refractivity contribution >= 4 is 29.6 Å². The molecule has 0 saturated heterocycles. The van der Waals surface area contributed by atoms with Crippen molar-refractivity contribution in [3.63, 3.8) is 0 Å². The monoisotopic (exact) mass is 467 g/mol. The maximum atomic E-state index is 12.9. The molecule has 0 heterocycles. The molecule has 0 atom stereocenters. The van der Waals surface area contributed by atoms with Gasteiger partial charge in [-0.3, -0.25) is 29.3 Å². The summed E-state index contributed by atoms with van der Waals surface area (Å²) in [5.41, 5.74) is -5.35. The lowest BCUT2D eigenvalue weighted by atomic mass is 9.76. The summed E-state index contributed by atoms with van der Waals surface area (Å²) in [4.78, 5) is 62.3. The summed E-state index contributed by atoms with van der Waals surface area (Å²) in [6.45, 7) is 8.16. The standard InChI is InChI=1S/C22H29NO10/c1-7-30-17(24)21(5,18(25)31-8-2)14-11-12-16(23(28)29)15(13-14)22(6,19(26)32-9-3)20(27)33-10-4/h11-13H,7-10H2,1-6H3. The molecule has 0 aliphatic rings. The van der Waals surface area contributed by atoms with E-state index in [1.54, 1.807) is 13.8 Å². The van der Waals surface area contributed by atoms with E-state index in [0.717, 1.165) is 19.1 Å². The first kappa shape index (κ1) is 27.5. The number of nitrogens with zero attached hydrogens (tertiary/aromatic N) is 1. The summed E-state index contributed by atoms with van der Waals surface area (Å²) >= 11 is 0. The first-order valence-electron chi connectivity index (χ1n) is 10.4. The highest BCUT2D eigenvalue weighted by Crippen LogP contribution is 2.38. The Kier molecular flexibility index (Phi) is 9.50. The molecule has 0 unspecified atom stereocenters. The van der Waals surface area contributed by atoms with E-state index in [1.807, 2.05) is 0 Å². The highest BCUT2D eigenvalue weighted by atomic mass is 16.6. The van der Waals surface area contributed by atoms with Gasteiger partial charge in [0.1, 0.15) is 0 Å². The number of esters is 4. The van der Waals surface area contributed by atoms with Crippen LogP contribution in [0.2, 0.25) is 0 Å². The zero-order valence-corrected chi connectivity index (χ0v) is 19.6. The smallest absolute Gasteiger partial charge is 0.328 e. The average Bonchev–Trinajstić information content (AvgIpc) is 2.77. The Morgan fingerprint density at radius 3 is 1.45 bits per heavy atom. The van der Waals surface area contributed by atoms with E-state index in [2.05, 4.69) is 0 Å². The van der Waals surface area contributed by atoms with Gasteiger partial charge in [0.25, 0.3) is 5.69 Å². The normalized spacial score (nSPS) is 11.3. The Balaban J connectivity index is 3.97. The molecule has 0 spiro atoms. The minimum absolute atomic E-state index is 0.0446. The third kappa shape index (κ3) is 5.29. The Bertz CT molecular complexity index is 888. The van der Waals surface area contributed by atoms with Crippen LogP contribution in [0, 0.1) is 10.1 Å². The van der Waals surface area contributed by atoms with Crippen LogP contribution < -0.4 is 0 Å². The second kappa shape index (κ2) is 11.4. The average molecular weight is 467 g/mol. The predicted molar refractivity (Wildman–Crippen MR) is 114 cm³/mol. The number of nitro benzene ring substituents is 1. The van der Waals surface area contributed by atoms with Crippen molar-refractivity contribution in [2.24, 2.45) is 0 Å². The predicted octanol–water partition coefficient (Wildman–Crippen LogP) is 2.36. The fourth-order valence-corrected chi connectivity index (χ4v) is 3.13. The highest BCUT2D eigenvalue weighted by molar-refractivity contribution is 6.08. The van der Waals surface area contributed by atoms with Gasteiger partial charge in [-0.25, -0.2) is 0 Å². The maximum absolute atomic E-state index is 12.9. The minimum atomic E-state index is -2.26. The van der Waals surface area contributed by atoms with Crippen LogP contribution in [0.15, 0.2) is 18.2 Å². The molecule has 0 saturated carbocycles. The third-order valence-corrected chi connectivity index (χ3v) is 5.04. The molecule has 1 aromatic rings. The van der Waals surface area contributed by atoms with E-state index >= 15 is 0 Å². The fourth-order valence-electron chi connectivity index (χ4n) is 3.13. The van der Waals surface area contributed by atoms with Gasteiger partial charge in [0.15, 0.2) is 10.8 Å². The summed E-state index contributed by atoms with van der Waals surface area (Å²) in [6, 6.07) is 3.24. The van der Waals surface area contributed by atoms with Crippen LogP contribution in [0.1, 0.15) is 52.7 Å². The van der Waals surface area contributed by atoms with E-state index in [1.165, 1.54) is 26.8 Å². The number of rotatable bonds is 11. The van der Waals surface area contributed by atoms with Crippen molar-refractivity contribution in [3.8, 4) is 0 Å². The first-order valence-corrected chi connectivity index (χ1v) is 10.4. The second-order valence-electron chi connectivity index (χ2n) is 7.12. The lowest BCUT2D eigenvalue weighted by molar-refractivity contribution is -0.386. The van der Waals surface area contributed by atoms with E-state index in [-0.39, 0.29) is 32.0 Å². The SMILES string of the molecule is CCOC(=O)C(C)(C(=O)OCC)c1ccc([N+](=O)[O-])c(C(C)(C(=O)OCC)C(=O)OCC)c1. The second-order valence-corrected chi connectivity index (χ2v) is 7.12. The van der Waals surface area contributed by atoms with Gasteiger partial charge < -0.3 is 18.9 Å². The van der Waals surface area contributed by atoms with Gasteiger partial charge >= 0.3 is 23.9 Å². The number of hydrogen-bond donors (Lipinski definition) is 0. The fraction of sp³-hybridized carbons (Fsp3) is 0.545. The summed E-state index contributed by atoms with van der Waals surface area (Å²) in [7, 11) is 0. The Morgan fingerprint density at radius 1 is 0.758 bits per heavy atom. The van der Waals surface area contributed by atoms with Crippen molar-refractivity contribution in [1.29, 1.82) is 0 Å². The van der Waals surface area contributed by atoms with Crippen LogP contribution in [0.4, 0.5) is 5.69 Å². The number of ether oxygens (including phenoxy) is 4. The van der Waals surface area contributed by atoms with Crippen molar-refractivity contribution in [2.75, 3.05) is 26.4 Å². The molecular formula is C22H29NO10. The Labute approximate surface area is 191 Å². The molecule has 182 valence electrons. The third-order valence-electron chi connectivity index (χ3n) is 5.04. The highest BCUT2D eigenvalue weighted by Gasteiger charge is 2.52. The quantitative estimate of drug-likeness (QED) is 0.156. The molecule has 1 rings (SSSR count). The van der Waals surface area contributed by atoms with Gasteiger partial charge in [-0.1, -0.05) is 6.07 Å². The van der Waals surface area contributed by atoms with Crippen molar-refractivity contribution < 1.29 is 43.0 Å². The van der Waals surface area contributed by atoms with Crippen molar-refractivity contribution in [3.05, 3.63) is 39.4 Å². The zero-order valence-electron chi connectivity index (χ0n) is 19.6. The molecule has 33 heavy (non-hydrogen) atoms. The summed E-state index contributed by atoms with van der Waals surface area (Å²) in [5, 5.41) is 11.8. The summed E-state index contributed by atoms with van der Waals surface area (Å²) in [5.74, 6) is -4.09. The molecule has 0 amide bonds. The lowest BCUT2D eigenvalue weighted by Gasteiger charge is -2.29. The van der Waals surface area contributed by atoms with Gasteiger partial charge in [0, 0.05) is 6.07 Å². The largest absolute Gasteiger partial charge is 0.465 e. The van der Waals surface area contributed by atoms with E-state index in [0.29, 0.717) is 0 Å². The molecular weight excluding hydrogens is 438 g/mol.